The van der Waals surface area contributed by atoms with Gasteiger partial charge in [0.15, 0.2) is 0 Å². The van der Waals surface area contributed by atoms with Crippen LogP contribution in [0.2, 0.25) is 0 Å². The monoisotopic (exact) mass is 327 g/mol. The summed E-state index contributed by atoms with van der Waals surface area (Å²) in [5.41, 5.74) is -0.552. The standard InChI is InChI=1S/C16H29N3O4/c1-16(2,3)23-15(22)19-9-8-13(20)17-10-11-18-14(21)12-6-4-5-7-12/h12H,4-11H2,1-3H3,(H,17,20)(H,18,21)(H,19,22). The second-order valence-electron chi connectivity index (χ2n) is 6.80. The lowest BCUT2D eigenvalue weighted by molar-refractivity contribution is -0.125. The predicted molar refractivity (Wildman–Crippen MR) is 86.8 cm³/mol. The summed E-state index contributed by atoms with van der Waals surface area (Å²) in [6.45, 7) is 6.37. The van der Waals surface area contributed by atoms with E-state index in [9.17, 15) is 14.4 Å². The fraction of sp³-hybridized carbons (Fsp3) is 0.812. The van der Waals surface area contributed by atoms with E-state index in [-0.39, 0.29) is 30.7 Å². The number of ether oxygens (including phenoxy) is 1. The number of nitrogens with one attached hydrogen (secondary N) is 3. The Kier molecular flexibility index (Phi) is 7.85. The third-order valence-electron chi connectivity index (χ3n) is 3.49. The molecule has 23 heavy (non-hydrogen) atoms. The number of carbonyl (C=O) groups is 3. The number of hydrogen-bond acceptors (Lipinski definition) is 4. The minimum atomic E-state index is -0.552. The Morgan fingerprint density at radius 1 is 0.957 bits per heavy atom. The summed E-state index contributed by atoms with van der Waals surface area (Å²) in [5.74, 6) is 0.0586. The maximum Gasteiger partial charge on any atom is 0.407 e. The van der Waals surface area contributed by atoms with Crippen LogP contribution in [0.15, 0.2) is 0 Å². The fourth-order valence-corrected chi connectivity index (χ4v) is 2.40. The molecule has 0 bridgehead atoms. The molecule has 0 aromatic carbocycles. The van der Waals surface area contributed by atoms with E-state index in [0.29, 0.717) is 13.1 Å². The molecular weight excluding hydrogens is 298 g/mol. The first kappa shape index (κ1) is 19.3. The summed E-state index contributed by atoms with van der Waals surface area (Å²) in [5, 5.41) is 8.07. The zero-order chi connectivity index (χ0) is 17.3. The van der Waals surface area contributed by atoms with Crippen LogP contribution in [0, 0.1) is 5.92 Å². The van der Waals surface area contributed by atoms with Crippen molar-refractivity contribution in [3.05, 3.63) is 0 Å². The number of rotatable bonds is 7. The molecule has 1 aliphatic carbocycles. The smallest absolute Gasteiger partial charge is 0.407 e. The fourth-order valence-electron chi connectivity index (χ4n) is 2.40. The molecule has 3 N–H and O–H groups in total. The summed E-state index contributed by atoms with van der Waals surface area (Å²) < 4.78 is 5.06. The summed E-state index contributed by atoms with van der Waals surface area (Å²) >= 11 is 0. The van der Waals surface area contributed by atoms with Gasteiger partial charge in [-0.25, -0.2) is 4.79 Å². The van der Waals surface area contributed by atoms with Gasteiger partial charge in [-0.15, -0.1) is 0 Å². The van der Waals surface area contributed by atoms with Gasteiger partial charge in [0.05, 0.1) is 0 Å². The average Bonchev–Trinajstić information content (AvgIpc) is 2.95. The highest BCUT2D eigenvalue weighted by atomic mass is 16.6. The summed E-state index contributed by atoms with van der Waals surface area (Å²) in [7, 11) is 0. The molecule has 0 spiro atoms. The normalized spacial score (nSPS) is 15.1. The van der Waals surface area contributed by atoms with Crippen LogP contribution in [-0.4, -0.2) is 43.1 Å². The van der Waals surface area contributed by atoms with Crippen LogP contribution >= 0.6 is 0 Å². The molecule has 1 rings (SSSR count). The molecule has 0 aromatic heterocycles. The summed E-state index contributed by atoms with van der Waals surface area (Å²) in [6, 6.07) is 0. The van der Waals surface area contributed by atoms with E-state index in [0.717, 1.165) is 25.7 Å². The Hall–Kier alpha value is -1.79. The van der Waals surface area contributed by atoms with E-state index in [1.807, 2.05) is 0 Å². The molecule has 0 radical (unpaired) electrons. The molecule has 0 atom stereocenters. The van der Waals surface area contributed by atoms with E-state index >= 15 is 0 Å². The Morgan fingerprint density at radius 3 is 2.17 bits per heavy atom. The molecule has 1 fully saturated rings. The summed E-state index contributed by atoms with van der Waals surface area (Å²) in [4.78, 5) is 34.7. The average molecular weight is 327 g/mol. The van der Waals surface area contributed by atoms with Gasteiger partial charge in [0.2, 0.25) is 11.8 Å². The van der Waals surface area contributed by atoms with Crippen LogP contribution in [-0.2, 0) is 14.3 Å². The first-order valence-corrected chi connectivity index (χ1v) is 8.29. The van der Waals surface area contributed by atoms with Gasteiger partial charge in [-0.3, -0.25) is 9.59 Å². The molecule has 3 amide bonds. The summed E-state index contributed by atoms with van der Waals surface area (Å²) in [6.07, 6.45) is 3.83. The zero-order valence-electron chi connectivity index (χ0n) is 14.4. The van der Waals surface area contributed by atoms with Crippen molar-refractivity contribution in [2.75, 3.05) is 19.6 Å². The SMILES string of the molecule is CC(C)(C)OC(=O)NCCC(=O)NCCNC(=O)C1CCCC1. The molecule has 7 heteroatoms. The van der Waals surface area contributed by atoms with Crippen molar-refractivity contribution in [1.82, 2.24) is 16.0 Å². The molecule has 0 aliphatic heterocycles. The molecule has 0 aromatic rings. The molecular formula is C16H29N3O4. The van der Waals surface area contributed by atoms with Crippen molar-refractivity contribution < 1.29 is 19.1 Å². The number of carbonyl (C=O) groups excluding carboxylic acids is 3. The minimum Gasteiger partial charge on any atom is -0.444 e. The molecule has 0 heterocycles. The topological polar surface area (TPSA) is 96.5 Å². The van der Waals surface area contributed by atoms with Crippen LogP contribution < -0.4 is 16.0 Å². The van der Waals surface area contributed by atoms with Crippen molar-refractivity contribution in [3.63, 3.8) is 0 Å². The molecule has 0 unspecified atom stereocenters. The van der Waals surface area contributed by atoms with Crippen LogP contribution in [0.4, 0.5) is 4.79 Å². The molecule has 1 saturated carbocycles. The van der Waals surface area contributed by atoms with Gasteiger partial charge in [0, 0.05) is 32.0 Å². The van der Waals surface area contributed by atoms with Gasteiger partial charge >= 0.3 is 6.09 Å². The van der Waals surface area contributed by atoms with Crippen molar-refractivity contribution in [3.8, 4) is 0 Å². The van der Waals surface area contributed by atoms with Crippen molar-refractivity contribution in [1.29, 1.82) is 0 Å². The minimum absolute atomic E-state index is 0.0864. The lowest BCUT2D eigenvalue weighted by atomic mass is 10.1. The van der Waals surface area contributed by atoms with E-state index in [2.05, 4.69) is 16.0 Å². The van der Waals surface area contributed by atoms with Gasteiger partial charge in [0.25, 0.3) is 0 Å². The van der Waals surface area contributed by atoms with Crippen molar-refractivity contribution >= 4 is 17.9 Å². The lowest BCUT2D eigenvalue weighted by Crippen LogP contribution is -2.38. The molecule has 132 valence electrons. The third-order valence-corrected chi connectivity index (χ3v) is 3.49. The van der Waals surface area contributed by atoms with E-state index in [1.165, 1.54) is 0 Å². The van der Waals surface area contributed by atoms with E-state index in [4.69, 9.17) is 4.74 Å². The maximum absolute atomic E-state index is 11.8. The maximum atomic E-state index is 11.8. The highest BCUT2D eigenvalue weighted by Gasteiger charge is 2.22. The van der Waals surface area contributed by atoms with Crippen LogP contribution in [0.25, 0.3) is 0 Å². The molecule has 7 nitrogen and oxygen atoms in total. The van der Waals surface area contributed by atoms with Crippen LogP contribution in [0.3, 0.4) is 0 Å². The second kappa shape index (κ2) is 9.37. The van der Waals surface area contributed by atoms with Gasteiger partial charge in [-0.05, 0) is 33.6 Å². The first-order valence-electron chi connectivity index (χ1n) is 8.29. The zero-order valence-corrected chi connectivity index (χ0v) is 14.4. The highest BCUT2D eigenvalue weighted by molar-refractivity contribution is 5.79. The van der Waals surface area contributed by atoms with Gasteiger partial charge < -0.3 is 20.7 Å². The third kappa shape index (κ3) is 9.05. The Balaban J connectivity index is 2.01. The molecule has 1 aliphatic rings. The largest absolute Gasteiger partial charge is 0.444 e. The van der Waals surface area contributed by atoms with Gasteiger partial charge in [-0.1, -0.05) is 12.8 Å². The quantitative estimate of drug-likeness (QED) is 0.615. The number of hydrogen-bond donors (Lipinski definition) is 3. The lowest BCUT2D eigenvalue weighted by Gasteiger charge is -2.19. The first-order chi connectivity index (χ1) is 10.8. The predicted octanol–water partition coefficient (Wildman–Crippen LogP) is 1.32. The highest BCUT2D eigenvalue weighted by Crippen LogP contribution is 2.24. The van der Waals surface area contributed by atoms with E-state index < -0.39 is 11.7 Å². The Bertz CT molecular complexity index is 412. The van der Waals surface area contributed by atoms with Crippen molar-refractivity contribution in [2.24, 2.45) is 5.92 Å². The second-order valence-corrected chi connectivity index (χ2v) is 6.80. The van der Waals surface area contributed by atoms with E-state index in [1.54, 1.807) is 20.8 Å². The van der Waals surface area contributed by atoms with Crippen molar-refractivity contribution in [2.45, 2.75) is 58.5 Å². The Labute approximate surface area is 137 Å². The number of alkyl carbamates (subject to hydrolysis) is 1. The van der Waals surface area contributed by atoms with Crippen LogP contribution in [0.1, 0.15) is 52.9 Å². The number of amides is 3. The Morgan fingerprint density at radius 2 is 1.57 bits per heavy atom. The van der Waals surface area contributed by atoms with Gasteiger partial charge in [0.1, 0.15) is 5.60 Å². The van der Waals surface area contributed by atoms with Gasteiger partial charge in [-0.2, -0.15) is 0 Å². The molecule has 0 saturated heterocycles. The van der Waals surface area contributed by atoms with Crippen LogP contribution in [0.5, 0.6) is 0 Å².